The summed E-state index contributed by atoms with van der Waals surface area (Å²) in [6, 6.07) is 10.4. The van der Waals surface area contributed by atoms with Crippen molar-refractivity contribution in [2.75, 3.05) is 19.8 Å². The molecule has 0 amide bonds. The van der Waals surface area contributed by atoms with Crippen LogP contribution in [-0.2, 0) is 20.7 Å². The molecular weight excluding hydrogens is 216 g/mol. The van der Waals surface area contributed by atoms with Crippen LogP contribution in [0.3, 0.4) is 0 Å². The van der Waals surface area contributed by atoms with Crippen molar-refractivity contribution in [3.05, 3.63) is 35.9 Å². The average molecular weight is 235 g/mol. The van der Waals surface area contributed by atoms with E-state index in [4.69, 9.17) is 4.74 Å². The Morgan fingerprint density at radius 3 is 2.71 bits per heavy atom. The largest absolute Gasteiger partial charge is 0.457 e. The Labute approximate surface area is 103 Å². The molecule has 0 fully saturated rings. The number of hydrogen-bond acceptors (Lipinski definition) is 3. The van der Waals surface area contributed by atoms with Crippen LogP contribution in [0.4, 0.5) is 0 Å². The summed E-state index contributed by atoms with van der Waals surface area (Å²) in [5, 5.41) is 0. The molecule has 0 aliphatic carbocycles. The number of carbonyl (C=O) groups excluding carboxylic acids is 1. The van der Waals surface area contributed by atoms with Crippen molar-refractivity contribution in [3.63, 3.8) is 0 Å². The monoisotopic (exact) mass is 235 g/mol. The quantitative estimate of drug-likeness (QED) is 0.616. The summed E-state index contributed by atoms with van der Waals surface area (Å²) in [7, 11) is 0. The molecule has 3 nitrogen and oxygen atoms in total. The third kappa shape index (κ3) is 6.74. The lowest BCUT2D eigenvalue weighted by Gasteiger charge is -2.11. The molecule has 17 heavy (non-hydrogen) atoms. The fourth-order valence-electron chi connectivity index (χ4n) is 1.63. The third-order valence-electron chi connectivity index (χ3n) is 2.42. The highest BCUT2D eigenvalue weighted by molar-refractivity contribution is 5.37. The number of ether oxygens (including phenoxy) is 2. The van der Waals surface area contributed by atoms with Gasteiger partial charge in [0, 0.05) is 19.6 Å². The van der Waals surface area contributed by atoms with Gasteiger partial charge in [-0.2, -0.15) is 0 Å². The first-order valence-corrected chi connectivity index (χ1v) is 5.93. The summed E-state index contributed by atoms with van der Waals surface area (Å²) in [6.45, 7) is 5.31. The SMILES string of the molecule is CC(COCCCO[C]=O)Cc1ccccc1. The van der Waals surface area contributed by atoms with Crippen LogP contribution >= 0.6 is 0 Å². The van der Waals surface area contributed by atoms with Gasteiger partial charge in [0.2, 0.25) is 0 Å². The maximum atomic E-state index is 9.76. The lowest BCUT2D eigenvalue weighted by Crippen LogP contribution is -2.10. The van der Waals surface area contributed by atoms with Crippen LogP contribution in [-0.4, -0.2) is 26.3 Å². The predicted molar refractivity (Wildman–Crippen MR) is 66.4 cm³/mol. The molecule has 93 valence electrons. The van der Waals surface area contributed by atoms with Crippen molar-refractivity contribution in [1.29, 1.82) is 0 Å². The minimum Gasteiger partial charge on any atom is -0.457 e. The zero-order valence-corrected chi connectivity index (χ0v) is 10.2. The van der Waals surface area contributed by atoms with Crippen LogP contribution in [0.15, 0.2) is 30.3 Å². The van der Waals surface area contributed by atoms with E-state index in [1.54, 1.807) is 0 Å². The van der Waals surface area contributed by atoms with E-state index >= 15 is 0 Å². The Hall–Kier alpha value is -1.35. The Balaban J connectivity index is 2.05. The Bertz CT molecular complexity index is 298. The Morgan fingerprint density at radius 2 is 2.00 bits per heavy atom. The van der Waals surface area contributed by atoms with Crippen LogP contribution < -0.4 is 0 Å². The highest BCUT2D eigenvalue weighted by Gasteiger charge is 2.03. The van der Waals surface area contributed by atoms with Crippen molar-refractivity contribution in [2.45, 2.75) is 19.8 Å². The minimum atomic E-state index is 0.385. The lowest BCUT2D eigenvalue weighted by atomic mass is 10.0. The molecular formula is C14H19O3. The molecule has 1 aromatic rings. The van der Waals surface area contributed by atoms with E-state index < -0.39 is 0 Å². The van der Waals surface area contributed by atoms with Crippen molar-refractivity contribution < 1.29 is 14.3 Å². The van der Waals surface area contributed by atoms with Gasteiger partial charge in [0.15, 0.2) is 0 Å². The summed E-state index contributed by atoms with van der Waals surface area (Å²) in [6.07, 6.45) is 1.76. The van der Waals surface area contributed by atoms with E-state index in [1.807, 2.05) is 6.07 Å². The van der Waals surface area contributed by atoms with Gasteiger partial charge in [-0.25, -0.2) is 4.79 Å². The van der Waals surface area contributed by atoms with E-state index in [0.717, 1.165) is 19.4 Å². The van der Waals surface area contributed by atoms with E-state index in [9.17, 15) is 4.79 Å². The van der Waals surface area contributed by atoms with Gasteiger partial charge in [-0.1, -0.05) is 37.3 Å². The zero-order chi connectivity index (χ0) is 12.3. The van der Waals surface area contributed by atoms with E-state index in [-0.39, 0.29) is 0 Å². The maximum Gasteiger partial charge on any atom is 0.417 e. The van der Waals surface area contributed by atoms with Crippen LogP contribution in [0.1, 0.15) is 18.9 Å². The second kappa shape index (κ2) is 8.76. The lowest BCUT2D eigenvalue weighted by molar-refractivity contribution is 0.0920. The zero-order valence-electron chi connectivity index (χ0n) is 10.2. The van der Waals surface area contributed by atoms with Gasteiger partial charge < -0.3 is 9.47 Å². The maximum absolute atomic E-state index is 9.76. The van der Waals surface area contributed by atoms with Crippen LogP contribution in [0, 0.1) is 5.92 Å². The van der Waals surface area contributed by atoms with E-state index in [0.29, 0.717) is 19.1 Å². The molecule has 0 saturated heterocycles. The summed E-state index contributed by atoms with van der Waals surface area (Å²) in [5.41, 5.74) is 1.34. The molecule has 0 aliphatic rings. The molecule has 0 bridgehead atoms. The first-order chi connectivity index (χ1) is 8.33. The fourth-order valence-corrected chi connectivity index (χ4v) is 1.63. The third-order valence-corrected chi connectivity index (χ3v) is 2.42. The molecule has 0 spiro atoms. The molecule has 0 N–H and O–H groups in total. The van der Waals surface area contributed by atoms with Crippen LogP contribution in [0.2, 0.25) is 0 Å². The molecule has 1 unspecified atom stereocenters. The highest BCUT2D eigenvalue weighted by Crippen LogP contribution is 2.08. The second-order valence-corrected chi connectivity index (χ2v) is 4.16. The van der Waals surface area contributed by atoms with Gasteiger partial charge in [-0.3, -0.25) is 0 Å². The summed E-state index contributed by atoms with van der Waals surface area (Å²) in [5.74, 6) is 0.496. The van der Waals surface area contributed by atoms with Gasteiger partial charge in [0.1, 0.15) is 0 Å². The van der Waals surface area contributed by atoms with Crippen molar-refractivity contribution in [1.82, 2.24) is 0 Å². The van der Waals surface area contributed by atoms with E-state index in [1.165, 1.54) is 12.0 Å². The molecule has 1 rings (SSSR count). The molecule has 1 radical (unpaired) electrons. The normalized spacial score (nSPS) is 12.1. The van der Waals surface area contributed by atoms with Gasteiger partial charge in [-0.15, -0.1) is 0 Å². The standard InChI is InChI=1S/C14H19O3/c1-13(10-14-6-3-2-4-7-14)11-16-8-5-9-17-12-15/h2-4,6-7,13H,5,8-11H2,1H3. The smallest absolute Gasteiger partial charge is 0.417 e. The van der Waals surface area contributed by atoms with Crippen molar-refractivity contribution >= 4 is 6.47 Å². The van der Waals surface area contributed by atoms with E-state index in [2.05, 4.69) is 35.9 Å². The summed E-state index contributed by atoms with van der Waals surface area (Å²) in [4.78, 5) is 9.76. The van der Waals surface area contributed by atoms with Gasteiger partial charge in [0.25, 0.3) is 0 Å². The van der Waals surface area contributed by atoms with Gasteiger partial charge in [-0.05, 0) is 17.9 Å². The number of hydrogen-bond donors (Lipinski definition) is 0. The molecule has 1 aromatic carbocycles. The highest BCUT2D eigenvalue weighted by atomic mass is 16.5. The van der Waals surface area contributed by atoms with Gasteiger partial charge >= 0.3 is 6.47 Å². The molecule has 0 saturated carbocycles. The molecule has 0 heterocycles. The topological polar surface area (TPSA) is 35.5 Å². The van der Waals surface area contributed by atoms with Crippen molar-refractivity contribution in [2.24, 2.45) is 5.92 Å². The Kier molecular flexibility index (Phi) is 7.07. The number of benzene rings is 1. The first-order valence-electron chi connectivity index (χ1n) is 5.93. The summed E-state index contributed by atoms with van der Waals surface area (Å²) < 4.78 is 9.96. The Morgan fingerprint density at radius 1 is 1.24 bits per heavy atom. The van der Waals surface area contributed by atoms with Gasteiger partial charge in [0.05, 0.1) is 6.61 Å². The average Bonchev–Trinajstić information content (AvgIpc) is 2.35. The minimum absolute atomic E-state index is 0.385. The molecule has 3 heteroatoms. The van der Waals surface area contributed by atoms with Crippen LogP contribution in [0.25, 0.3) is 0 Å². The first kappa shape index (κ1) is 13.7. The van der Waals surface area contributed by atoms with Crippen molar-refractivity contribution in [3.8, 4) is 0 Å². The molecule has 1 atom stereocenters. The molecule has 0 aliphatic heterocycles. The fraction of sp³-hybridized carbons (Fsp3) is 0.500. The number of rotatable bonds is 9. The second-order valence-electron chi connectivity index (χ2n) is 4.16. The molecule has 0 aromatic heterocycles. The summed E-state index contributed by atoms with van der Waals surface area (Å²) >= 11 is 0. The van der Waals surface area contributed by atoms with Crippen LogP contribution in [0.5, 0.6) is 0 Å². The predicted octanol–water partition coefficient (Wildman–Crippen LogP) is 2.36.